The van der Waals surface area contributed by atoms with E-state index in [-0.39, 0.29) is 21.7 Å². The average Bonchev–Trinajstić information content (AvgIpc) is 4.17. The van der Waals surface area contributed by atoms with E-state index >= 15 is 0 Å². The van der Waals surface area contributed by atoms with Gasteiger partial charge in [0.25, 0.3) is 0 Å². The van der Waals surface area contributed by atoms with Crippen molar-refractivity contribution in [2.75, 3.05) is 0 Å². The van der Waals surface area contributed by atoms with Gasteiger partial charge in [0.15, 0.2) is 0 Å². The van der Waals surface area contributed by atoms with Gasteiger partial charge >= 0.3 is 0 Å². The van der Waals surface area contributed by atoms with Gasteiger partial charge in [-0.1, -0.05) is 192 Å². The quantitative estimate of drug-likeness (QED) is 0.181. The molecule has 354 valence electrons. The van der Waals surface area contributed by atoms with Crippen LogP contribution in [0.1, 0.15) is 128 Å². The van der Waals surface area contributed by atoms with Crippen LogP contribution in [0.25, 0.3) is 133 Å². The lowest BCUT2D eigenvalue weighted by molar-refractivity contribution is 0.568. The van der Waals surface area contributed by atoms with Crippen LogP contribution in [-0.4, -0.2) is 19.9 Å². The molecule has 2 aliphatic rings. The summed E-state index contributed by atoms with van der Waals surface area (Å²) in [6.45, 7) is 27.9. The summed E-state index contributed by atoms with van der Waals surface area (Å²) in [5.41, 5.74) is 17.3. The average molecular weight is 935 g/mol. The molecule has 11 aromatic rings. The Balaban J connectivity index is 1.30. The fraction of sp³-hybridized carbons (Fsp3) is 0.235. The smallest absolute Gasteiger partial charge is 0.0737 e. The van der Waals surface area contributed by atoms with Crippen molar-refractivity contribution in [2.24, 2.45) is 0 Å². The predicted molar refractivity (Wildman–Crippen MR) is 312 cm³/mol. The first-order chi connectivity index (χ1) is 34.2. The van der Waals surface area contributed by atoms with Crippen molar-refractivity contribution in [3.63, 3.8) is 0 Å². The van der Waals surface area contributed by atoms with Gasteiger partial charge in [-0.05, 0) is 135 Å². The second-order valence-electron chi connectivity index (χ2n) is 24.9. The molecule has 4 heteroatoms. The zero-order chi connectivity index (χ0) is 50.0. The third-order valence-electron chi connectivity index (χ3n) is 15.8. The number of benzene rings is 8. The maximum absolute atomic E-state index is 5.83. The van der Waals surface area contributed by atoms with Crippen LogP contribution in [0.2, 0.25) is 0 Å². The lowest BCUT2D eigenvalue weighted by atomic mass is 9.78. The highest BCUT2D eigenvalue weighted by atomic mass is 14.8. The van der Waals surface area contributed by atoms with Crippen LogP contribution in [0.4, 0.5) is 0 Å². The molecule has 2 N–H and O–H groups in total. The standard InChI is InChI=1S/C68H62N4/c1-65(2,3)41-29-39(30-42(33-41)66(4,5)6)59-51-25-27-53(69-51)61-47-23-15-20-38-18-14-22-46(58(38)47)50-36-56(72-64(50)61)60(40-31-43(67(7,8)9)34-44(32-40)68(10,11)12)52-26-28-54(70-52)62-48-24-16-19-37-17-13-21-45(57(37)48)49-35-55(59)71-63(49)62/h13-36,71-72H,1-12H3. The second kappa shape index (κ2) is 15.0. The van der Waals surface area contributed by atoms with E-state index in [4.69, 9.17) is 9.97 Å². The topological polar surface area (TPSA) is 57.4 Å². The van der Waals surface area contributed by atoms with E-state index in [1.54, 1.807) is 0 Å². The molecule has 3 aromatic heterocycles. The maximum Gasteiger partial charge on any atom is 0.0737 e. The highest BCUT2D eigenvalue weighted by Crippen LogP contribution is 2.47. The summed E-state index contributed by atoms with van der Waals surface area (Å²) in [7, 11) is 0. The van der Waals surface area contributed by atoms with Crippen LogP contribution >= 0.6 is 0 Å². The van der Waals surface area contributed by atoms with E-state index in [0.29, 0.717) is 0 Å². The van der Waals surface area contributed by atoms with Gasteiger partial charge in [-0.3, -0.25) is 0 Å². The molecule has 8 aromatic carbocycles. The van der Waals surface area contributed by atoms with Crippen molar-refractivity contribution in [1.29, 1.82) is 0 Å². The van der Waals surface area contributed by atoms with E-state index < -0.39 is 0 Å². The van der Waals surface area contributed by atoms with Gasteiger partial charge in [0.1, 0.15) is 0 Å². The van der Waals surface area contributed by atoms with E-state index in [1.165, 1.54) is 76.1 Å². The molecule has 0 saturated heterocycles. The molecule has 0 aliphatic carbocycles. The van der Waals surface area contributed by atoms with Gasteiger partial charge in [-0.2, -0.15) is 0 Å². The molecule has 72 heavy (non-hydrogen) atoms. The van der Waals surface area contributed by atoms with E-state index in [2.05, 4.69) is 239 Å². The molecule has 0 atom stereocenters. The highest BCUT2D eigenvalue weighted by molar-refractivity contribution is 6.33. The Morgan fingerprint density at radius 1 is 0.319 bits per heavy atom. The third-order valence-corrected chi connectivity index (χ3v) is 15.8. The first-order valence-corrected chi connectivity index (χ1v) is 25.8. The van der Waals surface area contributed by atoms with E-state index in [1.807, 2.05) is 0 Å². The molecule has 0 saturated carbocycles. The van der Waals surface area contributed by atoms with Gasteiger partial charge in [0.05, 0.1) is 33.8 Å². The number of aromatic amines is 2. The zero-order valence-electron chi connectivity index (χ0n) is 43.8. The first kappa shape index (κ1) is 44.4. The number of nitrogens with one attached hydrogen (secondary N) is 2. The highest BCUT2D eigenvalue weighted by Gasteiger charge is 2.27. The van der Waals surface area contributed by atoms with Crippen LogP contribution in [0.3, 0.4) is 0 Å². The Morgan fingerprint density at radius 2 is 0.639 bits per heavy atom. The summed E-state index contributed by atoms with van der Waals surface area (Å²) in [6.07, 6.45) is 9.03. The van der Waals surface area contributed by atoms with Crippen molar-refractivity contribution in [3.8, 4) is 22.3 Å². The third kappa shape index (κ3) is 6.78. The van der Waals surface area contributed by atoms with Crippen molar-refractivity contribution < 1.29 is 0 Å². The molecule has 5 heterocycles. The minimum atomic E-state index is -0.0855. The number of aromatic nitrogens is 4. The number of hydrogen-bond acceptors (Lipinski definition) is 2. The van der Waals surface area contributed by atoms with Crippen LogP contribution in [0.15, 0.2) is 121 Å². The molecule has 0 radical (unpaired) electrons. The van der Waals surface area contributed by atoms with Crippen LogP contribution in [0.5, 0.6) is 0 Å². The van der Waals surface area contributed by atoms with Crippen molar-refractivity contribution in [1.82, 2.24) is 19.9 Å². The Morgan fingerprint density at radius 3 is 0.972 bits per heavy atom. The summed E-state index contributed by atoms with van der Waals surface area (Å²) in [5.74, 6) is 0. The lowest BCUT2D eigenvalue weighted by Crippen LogP contribution is -2.16. The Kier molecular flexibility index (Phi) is 9.24. The Labute approximate surface area is 422 Å². The molecule has 0 spiro atoms. The molecular weight excluding hydrogens is 873 g/mol. The number of rotatable bonds is 2. The largest absolute Gasteiger partial charge is 0.354 e. The first-order valence-electron chi connectivity index (χ1n) is 25.8. The Hall–Kier alpha value is -7.56. The molecule has 8 bridgehead atoms. The van der Waals surface area contributed by atoms with Crippen LogP contribution < -0.4 is 0 Å². The number of nitrogens with zero attached hydrogens (tertiary/aromatic N) is 2. The van der Waals surface area contributed by atoms with Gasteiger partial charge in [-0.15, -0.1) is 0 Å². The van der Waals surface area contributed by atoms with E-state index in [0.717, 1.165) is 77.9 Å². The van der Waals surface area contributed by atoms with E-state index in [9.17, 15) is 0 Å². The maximum atomic E-state index is 5.83. The summed E-state index contributed by atoms with van der Waals surface area (Å²) >= 11 is 0. The summed E-state index contributed by atoms with van der Waals surface area (Å²) < 4.78 is 0. The zero-order valence-corrected chi connectivity index (χ0v) is 43.8. The molecule has 2 aliphatic heterocycles. The van der Waals surface area contributed by atoms with Gasteiger partial charge in [-0.25, -0.2) is 9.97 Å². The summed E-state index contributed by atoms with van der Waals surface area (Å²) in [4.78, 5) is 20.0. The summed E-state index contributed by atoms with van der Waals surface area (Å²) in [5, 5.41) is 14.3. The Bertz CT molecular complexity index is 3990. The van der Waals surface area contributed by atoms with Gasteiger partial charge in [0.2, 0.25) is 0 Å². The second-order valence-corrected chi connectivity index (χ2v) is 24.9. The summed E-state index contributed by atoms with van der Waals surface area (Å²) in [6, 6.07) is 46.2. The lowest BCUT2D eigenvalue weighted by Gasteiger charge is -2.26. The molecule has 0 unspecified atom stereocenters. The van der Waals surface area contributed by atoms with Crippen molar-refractivity contribution in [3.05, 3.63) is 166 Å². The molecule has 0 fully saturated rings. The number of fused-ring (bicyclic) bond motifs is 12. The minimum Gasteiger partial charge on any atom is -0.354 e. The van der Waals surface area contributed by atoms with Crippen molar-refractivity contribution >= 4 is 111 Å². The number of H-pyrrole nitrogens is 2. The molecule has 0 amide bonds. The van der Waals surface area contributed by atoms with Crippen molar-refractivity contribution in [2.45, 2.75) is 105 Å². The van der Waals surface area contributed by atoms with Gasteiger partial charge in [0, 0.05) is 43.7 Å². The normalized spacial score (nSPS) is 13.7. The molecule has 4 nitrogen and oxygen atoms in total. The van der Waals surface area contributed by atoms with Crippen LogP contribution in [0, 0.1) is 0 Å². The fourth-order valence-corrected chi connectivity index (χ4v) is 11.8. The minimum absolute atomic E-state index is 0.0855. The fourth-order valence-electron chi connectivity index (χ4n) is 11.8. The monoisotopic (exact) mass is 934 g/mol. The molecular formula is C68H62N4. The predicted octanol–water partition coefficient (Wildman–Crippen LogP) is 19.0. The number of hydrogen-bond donors (Lipinski definition) is 2. The molecule has 13 rings (SSSR count). The van der Waals surface area contributed by atoms with Crippen LogP contribution in [-0.2, 0) is 21.7 Å². The SMILES string of the molecule is CC(C)(C)c1cc(-c2c3nc(c4c5cccc6cccc(c7cc([nH]c74)c(-c4cc(C(C)(C)C)cc(C(C)(C)C)c4)c4nc(c7c8cccc9cccc(c%10cc2[nH]c%107)c98)C=C4)c65)C=C3)cc(C(C)(C)C)c1. The van der Waals surface area contributed by atoms with Gasteiger partial charge < -0.3 is 9.97 Å².